The molecule has 0 spiro atoms. The fourth-order valence-corrected chi connectivity index (χ4v) is 2.15. The van der Waals surface area contributed by atoms with Gasteiger partial charge in [-0.05, 0) is 31.0 Å². The summed E-state index contributed by atoms with van der Waals surface area (Å²) in [5.74, 6) is -0.0348. The number of hydrogen-bond acceptors (Lipinski definition) is 2. The van der Waals surface area contributed by atoms with Crippen LogP contribution in [0.4, 0.5) is 0 Å². The topological polar surface area (TPSA) is 43.3 Å². The highest BCUT2D eigenvalue weighted by atomic mass is 16.5. The third kappa shape index (κ3) is 4.76. The van der Waals surface area contributed by atoms with Gasteiger partial charge in [-0.3, -0.25) is 4.79 Å². The minimum absolute atomic E-state index is 0.0348. The Kier molecular flexibility index (Phi) is 6.03. The first kappa shape index (κ1) is 15.3. The first-order chi connectivity index (χ1) is 10.3. The normalized spacial score (nSPS) is 10.5. The fourth-order valence-electron chi connectivity index (χ4n) is 2.15. The van der Waals surface area contributed by atoms with Crippen LogP contribution in [0.3, 0.4) is 0 Å². The van der Waals surface area contributed by atoms with Gasteiger partial charge in [0.1, 0.15) is 5.69 Å². The van der Waals surface area contributed by atoms with Crippen LogP contribution in [0.5, 0.6) is 0 Å². The molecule has 0 saturated heterocycles. The van der Waals surface area contributed by atoms with Crippen LogP contribution >= 0.6 is 0 Å². The molecule has 1 aromatic heterocycles. The summed E-state index contributed by atoms with van der Waals surface area (Å²) >= 11 is 0. The van der Waals surface area contributed by atoms with E-state index < -0.39 is 0 Å². The van der Waals surface area contributed by atoms with Gasteiger partial charge in [0.05, 0.1) is 0 Å². The zero-order chi connectivity index (χ0) is 14.9. The zero-order valence-corrected chi connectivity index (χ0v) is 12.4. The average Bonchev–Trinajstić information content (AvgIpc) is 2.96. The Morgan fingerprint density at radius 1 is 1.19 bits per heavy atom. The highest BCUT2D eigenvalue weighted by Crippen LogP contribution is 2.07. The smallest absolute Gasteiger partial charge is 0.267 e. The van der Waals surface area contributed by atoms with Gasteiger partial charge in [0, 0.05) is 32.5 Å². The van der Waals surface area contributed by atoms with Crippen LogP contribution in [0.1, 0.15) is 29.4 Å². The SMILES string of the molecule is CCOCCCNC(=O)c1cccn1Cc1ccccc1. The third-order valence-corrected chi connectivity index (χ3v) is 3.21. The quantitative estimate of drug-likeness (QED) is 0.758. The van der Waals surface area contributed by atoms with Crippen LogP contribution in [-0.2, 0) is 11.3 Å². The lowest BCUT2D eigenvalue weighted by molar-refractivity contribution is 0.0935. The molecule has 0 fully saturated rings. The lowest BCUT2D eigenvalue weighted by Gasteiger charge is -2.10. The maximum absolute atomic E-state index is 12.2. The Bertz CT molecular complexity index is 549. The highest BCUT2D eigenvalue weighted by molar-refractivity contribution is 5.92. The molecule has 0 aliphatic heterocycles. The van der Waals surface area contributed by atoms with Crippen molar-refractivity contribution in [2.45, 2.75) is 19.9 Å². The van der Waals surface area contributed by atoms with Crippen molar-refractivity contribution in [2.24, 2.45) is 0 Å². The van der Waals surface area contributed by atoms with Crippen molar-refractivity contribution in [3.8, 4) is 0 Å². The number of amides is 1. The van der Waals surface area contributed by atoms with E-state index >= 15 is 0 Å². The van der Waals surface area contributed by atoms with E-state index in [9.17, 15) is 4.79 Å². The van der Waals surface area contributed by atoms with Crippen LogP contribution in [0.25, 0.3) is 0 Å². The van der Waals surface area contributed by atoms with Gasteiger partial charge in [0.2, 0.25) is 0 Å². The number of hydrogen-bond donors (Lipinski definition) is 1. The Morgan fingerprint density at radius 2 is 2.00 bits per heavy atom. The molecular weight excluding hydrogens is 264 g/mol. The minimum Gasteiger partial charge on any atom is -0.382 e. The van der Waals surface area contributed by atoms with E-state index in [1.54, 1.807) is 0 Å². The van der Waals surface area contributed by atoms with Crippen molar-refractivity contribution >= 4 is 5.91 Å². The number of carbonyl (C=O) groups is 1. The maximum Gasteiger partial charge on any atom is 0.267 e. The van der Waals surface area contributed by atoms with Gasteiger partial charge < -0.3 is 14.6 Å². The summed E-state index contributed by atoms with van der Waals surface area (Å²) < 4.78 is 7.22. The van der Waals surface area contributed by atoms with Gasteiger partial charge >= 0.3 is 0 Å². The molecule has 2 rings (SSSR count). The summed E-state index contributed by atoms with van der Waals surface area (Å²) in [6.07, 6.45) is 2.76. The number of nitrogens with one attached hydrogen (secondary N) is 1. The molecule has 21 heavy (non-hydrogen) atoms. The van der Waals surface area contributed by atoms with E-state index in [1.807, 2.05) is 48.0 Å². The molecule has 4 nitrogen and oxygen atoms in total. The molecular formula is C17H22N2O2. The van der Waals surface area contributed by atoms with Crippen LogP contribution in [0, 0.1) is 0 Å². The number of carbonyl (C=O) groups excluding carboxylic acids is 1. The molecule has 0 atom stereocenters. The molecule has 1 amide bonds. The molecule has 4 heteroatoms. The first-order valence-corrected chi connectivity index (χ1v) is 7.36. The van der Waals surface area contributed by atoms with Gasteiger partial charge in [0.15, 0.2) is 0 Å². The van der Waals surface area contributed by atoms with E-state index in [0.717, 1.165) is 6.42 Å². The molecule has 2 aromatic rings. The summed E-state index contributed by atoms with van der Waals surface area (Å²) in [5, 5.41) is 2.93. The Morgan fingerprint density at radius 3 is 2.76 bits per heavy atom. The molecule has 1 aromatic carbocycles. The molecule has 0 aliphatic rings. The predicted octanol–water partition coefficient (Wildman–Crippen LogP) is 2.69. The van der Waals surface area contributed by atoms with Gasteiger partial charge in [-0.25, -0.2) is 0 Å². The predicted molar refractivity (Wildman–Crippen MR) is 83.4 cm³/mol. The summed E-state index contributed by atoms with van der Waals surface area (Å²) in [6, 6.07) is 13.9. The molecule has 0 radical (unpaired) electrons. The Labute approximate surface area is 125 Å². The highest BCUT2D eigenvalue weighted by Gasteiger charge is 2.10. The molecule has 1 N–H and O–H groups in total. The lowest BCUT2D eigenvalue weighted by atomic mass is 10.2. The van der Waals surface area contributed by atoms with Crippen molar-refractivity contribution < 1.29 is 9.53 Å². The molecule has 0 aliphatic carbocycles. The van der Waals surface area contributed by atoms with E-state index in [0.29, 0.717) is 32.0 Å². The Balaban J connectivity index is 1.89. The summed E-state index contributed by atoms with van der Waals surface area (Å²) in [7, 11) is 0. The maximum atomic E-state index is 12.2. The van der Waals surface area contributed by atoms with Crippen LogP contribution < -0.4 is 5.32 Å². The van der Waals surface area contributed by atoms with Crippen molar-refractivity contribution in [1.29, 1.82) is 0 Å². The van der Waals surface area contributed by atoms with Crippen molar-refractivity contribution in [3.05, 3.63) is 59.9 Å². The van der Waals surface area contributed by atoms with Crippen molar-refractivity contribution in [1.82, 2.24) is 9.88 Å². The summed E-state index contributed by atoms with van der Waals surface area (Å²) in [4.78, 5) is 12.2. The molecule has 0 bridgehead atoms. The summed E-state index contributed by atoms with van der Waals surface area (Å²) in [5.41, 5.74) is 1.87. The van der Waals surface area contributed by atoms with Crippen molar-refractivity contribution in [3.63, 3.8) is 0 Å². The number of nitrogens with zero attached hydrogens (tertiary/aromatic N) is 1. The molecule has 1 heterocycles. The zero-order valence-electron chi connectivity index (χ0n) is 12.4. The molecule has 112 valence electrons. The van der Waals surface area contributed by atoms with Crippen LogP contribution in [-0.4, -0.2) is 30.2 Å². The average molecular weight is 286 g/mol. The minimum atomic E-state index is -0.0348. The van der Waals surface area contributed by atoms with Crippen LogP contribution in [0.15, 0.2) is 48.7 Å². The second-order valence-electron chi connectivity index (χ2n) is 4.81. The standard InChI is InChI=1S/C17H22N2O2/c1-2-21-13-7-11-18-17(20)16-10-6-12-19(16)14-15-8-4-3-5-9-15/h3-6,8-10,12H,2,7,11,13-14H2,1H3,(H,18,20). The second kappa shape index (κ2) is 8.27. The van der Waals surface area contributed by atoms with E-state index in [4.69, 9.17) is 4.74 Å². The second-order valence-corrected chi connectivity index (χ2v) is 4.81. The summed E-state index contributed by atoms with van der Waals surface area (Å²) in [6.45, 7) is 4.70. The van der Waals surface area contributed by atoms with E-state index in [-0.39, 0.29) is 5.91 Å². The van der Waals surface area contributed by atoms with E-state index in [1.165, 1.54) is 5.56 Å². The fraction of sp³-hybridized carbons (Fsp3) is 0.353. The number of ether oxygens (including phenoxy) is 1. The first-order valence-electron chi connectivity index (χ1n) is 7.36. The number of aromatic nitrogens is 1. The Hall–Kier alpha value is -2.07. The van der Waals surface area contributed by atoms with Gasteiger partial charge in [-0.15, -0.1) is 0 Å². The monoisotopic (exact) mass is 286 g/mol. The largest absolute Gasteiger partial charge is 0.382 e. The lowest BCUT2D eigenvalue weighted by Crippen LogP contribution is -2.27. The van der Waals surface area contributed by atoms with Crippen molar-refractivity contribution in [2.75, 3.05) is 19.8 Å². The number of rotatable bonds is 8. The number of benzene rings is 1. The van der Waals surface area contributed by atoms with Crippen LogP contribution in [0.2, 0.25) is 0 Å². The third-order valence-electron chi connectivity index (χ3n) is 3.21. The van der Waals surface area contributed by atoms with Gasteiger partial charge in [-0.2, -0.15) is 0 Å². The van der Waals surface area contributed by atoms with Gasteiger partial charge in [0.25, 0.3) is 5.91 Å². The molecule has 0 saturated carbocycles. The van der Waals surface area contributed by atoms with Gasteiger partial charge in [-0.1, -0.05) is 30.3 Å². The van der Waals surface area contributed by atoms with E-state index in [2.05, 4.69) is 17.4 Å². The molecule has 0 unspecified atom stereocenters.